The van der Waals surface area contributed by atoms with Gasteiger partial charge in [0.2, 0.25) is 0 Å². The van der Waals surface area contributed by atoms with Crippen LogP contribution in [0.3, 0.4) is 0 Å². The largest absolute Gasteiger partial charge is 0.543 e. The second kappa shape index (κ2) is 9.08. The molecule has 0 amide bonds. The van der Waals surface area contributed by atoms with Crippen molar-refractivity contribution in [1.82, 2.24) is 0 Å². The topological polar surface area (TPSA) is 18.5 Å². The van der Waals surface area contributed by atoms with E-state index >= 15 is 0 Å². The highest BCUT2D eigenvalue weighted by molar-refractivity contribution is 6.74. The molecule has 0 aliphatic rings. The van der Waals surface area contributed by atoms with Gasteiger partial charge in [0.1, 0.15) is 11.5 Å². The van der Waals surface area contributed by atoms with Crippen LogP contribution in [0.4, 0.5) is 0 Å². The van der Waals surface area contributed by atoms with E-state index in [1.807, 2.05) is 12.1 Å². The van der Waals surface area contributed by atoms with Crippen LogP contribution < -0.4 is 9.16 Å². The monoisotopic (exact) mass is 434 g/mol. The average Bonchev–Trinajstić information content (AvgIpc) is 2.71. The Kier molecular flexibility index (Phi) is 6.85. The summed E-state index contributed by atoms with van der Waals surface area (Å²) in [4.78, 5) is 0. The second-order valence-electron chi connectivity index (χ2n) is 10.2. The van der Waals surface area contributed by atoms with E-state index in [9.17, 15) is 0 Å². The van der Waals surface area contributed by atoms with Gasteiger partial charge in [-0.2, -0.15) is 0 Å². The number of benzene rings is 3. The Morgan fingerprint density at radius 2 is 1.61 bits per heavy atom. The summed E-state index contributed by atoms with van der Waals surface area (Å²) in [6.45, 7) is 16.0. The van der Waals surface area contributed by atoms with Crippen molar-refractivity contribution in [1.29, 1.82) is 0 Å². The molecular formula is C28H38O2Si. The first-order valence-electron chi connectivity index (χ1n) is 11.5. The fourth-order valence-corrected chi connectivity index (χ4v) is 4.78. The molecule has 3 rings (SSSR count). The minimum atomic E-state index is -1.98. The van der Waals surface area contributed by atoms with Crippen LogP contribution in [0.15, 0.2) is 48.5 Å². The molecule has 0 atom stereocenters. The van der Waals surface area contributed by atoms with Crippen molar-refractivity contribution >= 4 is 19.1 Å². The molecule has 0 unspecified atom stereocenters. The van der Waals surface area contributed by atoms with E-state index in [0.717, 1.165) is 17.9 Å². The molecule has 0 saturated carbocycles. The highest BCUT2D eigenvalue weighted by Crippen LogP contribution is 2.43. The summed E-state index contributed by atoms with van der Waals surface area (Å²) >= 11 is 0. The van der Waals surface area contributed by atoms with Crippen LogP contribution in [0, 0.1) is 6.92 Å². The molecule has 166 valence electrons. The first kappa shape index (κ1) is 23.4. The van der Waals surface area contributed by atoms with Gasteiger partial charge in [0.25, 0.3) is 8.32 Å². The molecule has 2 nitrogen and oxygen atoms in total. The Morgan fingerprint density at radius 1 is 0.935 bits per heavy atom. The predicted octanol–water partition coefficient (Wildman–Crippen LogP) is 8.55. The minimum Gasteiger partial charge on any atom is -0.543 e. The molecular weight excluding hydrogens is 396 g/mol. The van der Waals surface area contributed by atoms with Gasteiger partial charge < -0.3 is 9.16 Å². The molecule has 0 spiro atoms. The van der Waals surface area contributed by atoms with Crippen LogP contribution in [-0.4, -0.2) is 15.4 Å². The average molecular weight is 435 g/mol. The van der Waals surface area contributed by atoms with Crippen LogP contribution in [0.2, 0.25) is 18.1 Å². The first-order chi connectivity index (χ1) is 14.6. The zero-order valence-corrected chi connectivity index (χ0v) is 21.6. The summed E-state index contributed by atoms with van der Waals surface area (Å²) < 4.78 is 12.3. The van der Waals surface area contributed by atoms with Crippen molar-refractivity contribution < 1.29 is 9.16 Å². The molecule has 0 fully saturated rings. The van der Waals surface area contributed by atoms with Crippen molar-refractivity contribution in [3.05, 3.63) is 59.7 Å². The number of hydrogen-bond acceptors (Lipinski definition) is 2. The summed E-state index contributed by atoms with van der Waals surface area (Å²) in [6, 6.07) is 17.5. The molecule has 0 N–H and O–H groups in total. The normalized spacial score (nSPS) is 12.3. The number of aryl methyl sites for hydroxylation is 2. The van der Waals surface area contributed by atoms with Crippen LogP contribution in [0.1, 0.15) is 51.7 Å². The molecule has 3 aromatic rings. The second-order valence-corrected chi connectivity index (χ2v) is 14.9. The lowest BCUT2D eigenvalue weighted by Gasteiger charge is -2.37. The molecule has 0 saturated heterocycles. The molecule has 0 aromatic heterocycles. The summed E-state index contributed by atoms with van der Waals surface area (Å²) in [5.74, 6) is 1.90. The van der Waals surface area contributed by atoms with E-state index in [1.165, 1.54) is 45.9 Å². The van der Waals surface area contributed by atoms with Crippen molar-refractivity contribution in [2.75, 3.05) is 7.11 Å². The first-order valence-corrected chi connectivity index (χ1v) is 14.4. The van der Waals surface area contributed by atoms with E-state index in [0.29, 0.717) is 0 Å². The van der Waals surface area contributed by atoms with Crippen LogP contribution in [0.5, 0.6) is 11.5 Å². The van der Waals surface area contributed by atoms with Crippen molar-refractivity contribution in [2.24, 2.45) is 0 Å². The molecule has 0 heterocycles. The maximum absolute atomic E-state index is 6.90. The zero-order chi connectivity index (χ0) is 22.8. The Balaban J connectivity index is 2.28. The van der Waals surface area contributed by atoms with Crippen molar-refractivity contribution in [2.45, 2.75) is 72.0 Å². The third-order valence-corrected chi connectivity index (χ3v) is 11.0. The highest BCUT2D eigenvalue weighted by Gasteiger charge is 2.39. The Morgan fingerprint density at radius 3 is 2.19 bits per heavy atom. The predicted molar refractivity (Wildman–Crippen MR) is 137 cm³/mol. The Labute approximate surface area is 189 Å². The van der Waals surface area contributed by atoms with Crippen LogP contribution in [0.25, 0.3) is 21.9 Å². The van der Waals surface area contributed by atoms with Gasteiger partial charge in [-0.05, 0) is 83.7 Å². The van der Waals surface area contributed by atoms with Gasteiger partial charge in [-0.15, -0.1) is 0 Å². The van der Waals surface area contributed by atoms with E-state index in [2.05, 4.69) is 84.1 Å². The van der Waals surface area contributed by atoms with Gasteiger partial charge in [0.15, 0.2) is 0 Å². The summed E-state index contributed by atoms with van der Waals surface area (Å²) in [6.07, 6.45) is 3.49. The molecule has 0 radical (unpaired) electrons. The lowest BCUT2D eigenvalue weighted by atomic mass is 9.91. The summed E-state index contributed by atoms with van der Waals surface area (Å²) in [7, 11) is -0.267. The van der Waals surface area contributed by atoms with Crippen LogP contribution in [-0.2, 0) is 6.42 Å². The van der Waals surface area contributed by atoms with Gasteiger partial charge in [0.05, 0.1) is 7.11 Å². The summed E-state index contributed by atoms with van der Waals surface area (Å²) in [5.41, 5.74) is 5.13. The zero-order valence-electron chi connectivity index (χ0n) is 20.6. The number of fused-ring (bicyclic) bond motifs is 1. The third-order valence-electron chi connectivity index (χ3n) is 6.68. The smallest absolute Gasteiger partial charge is 0.250 e. The number of rotatable bonds is 7. The minimum absolute atomic E-state index is 0.144. The molecule has 31 heavy (non-hydrogen) atoms. The summed E-state index contributed by atoms with van der Waals surface area (Å²) in [5, 5.41) is 2.72. The van der Waals surface area contributed by atoms with Gasteiger partial charge in [0, 0.05) is 5.39 Å². The fraction of sp³-hybridized carbons (Fsp3) is 0.429. The van der Waals surface area contributed by atoms with E-state index < -0.39 is 8.32 Å². The lowest BCUT2D eigenvalue weighted by Crippen LogP contribution is -2.43. The molecule has 0 aliphatic heterocycles. The SMILES string of the molecule is CCCCc1ccc(O[Si](C)(C)C(C)(C)C)c2c(-c3ccc(OC)cc3)cc(C)cc12. The van der Waals surface area contributed by atoms with Gasteiger partial charge in [-0.1, -0.05) is 64.4 Å². The van der Waals surface area contributed by atoms with Gasteiger partial charge in [-0.25, -0.2) is 0 Å². The van der Waals surface area contributed by atoms with Crippen molar-refractivity contribution in [3.8, 4) is 22.6 Å². The quantitative estimate of drug-likeness (QED) is 0.347. The molecule has 3 aromatic carbocycles. The Hall–Kier alpha value is -2.26. The van der Waals surface area contributed by atoms with Gasteiger partial charge in [-0.3, -0.25) is 0 Å². The Bertz CT molecular complexity index is 1040. The van der Waals surface area contributed by atoms with E-state index in [4.69, 9.17) is 9.16 Å². The lowest BCUT2D eigenvalue weighted by molar-refractivity contribution is 0.415. The maximum atomic E-state index is 6.90. The van der Waals surface area contributed by atoms with Crippen LogP contribution >= 0.6 is 0 Å². The molecule has 0 bridgehead atoms. The standard InChI is InChI=1S/C28H38O2Si/c1-9-10-11-21-14-17-26(30-31(7,8)28(3,4)5)27-24(21)18-20(2)19-25(27)22-12-15-23(29-6)16-13-22/h12-19H,9-11H2,1-8H3. The third kappa shape index (κ3) is 4.98. The fourth-order valence-electron chi connectivity index (χ4n) is 3.75. The van der Waals surface area contributed by atoms with Gasteiger partial charge >= 0.3 is 0 Å². The number of ether oxygens (including phenoxy) is 1. The number of unbranched alkanes of at least 4 members (excludes halogenated alkanes) is 1. The number of hydrogen-bond donors (Lipinski definition) is 0. The maximum Gasteiger partial charge on any atom is 0.250 e. The number of methoxy groups -OCH3 is 1. The highest BCUT2D eigenvalue weighted by atomic mass is 28.4. The van der Waals surface area contributed by atoms with E-state index in [-0.39, 0.29) is 5.04 Å². The van der Waals surface area contributed by atoms with E-state index in [1.54, 1.807) is 7.11 Å². The van der Waals surface area contributed by atoms with Crippen molar-refractivity contribution in [3.63, 3.8) is 0 Å². The molecule has 3 heteroatoms. The molecule has 0 aliphatic carbocycles.